The lowest BCUT2D eigenvalue weighted by atomic mass is 9.91. The fourth-order valence-corrected chi connectivity index (χ4v) is 8.58. The molecule has 0 atom stereocenters. The van der Waals surface area contributed by atoms with E-state index in [-0.39, 0.29) is 0 Å². The van der Waals surface area contributed by atoms with Crippen LogP contribution in [0.3, 0.4) is 0 Å². The van der Waals surface area contributed by atoms with Crippen molar-refractivity contribution in [2.24, 2.45) is 4.99 Å². The largest absolute Gasteiger partial charge is 0.247 e. The van der Waals surface area contributed by atoms with Crippen LogP contribution in [-0.4, -0.2) is 24.3 Å². The van der Waals surface area contributed by atoms with Crippen molar-refractivity contribution in [1.29, 1.82) is 0 Å². The molecule has 8 rings (SSSR count). The van der Waals surface area contributed by atoms with Crippen LogP contribution in [0.25, 0.3) is 66.8 Å². The number of hydrogen-bond acceptors (Lipinski definition) is 4. The summed E-state index contributed by atoms with van der Waals surface area (Å²) in [6, 6.07) is 46.7. The highest BCUT2D eigenvalue weighted by Crippen LogP contribution is 2.38. The van der Waals surface area contributed by atoms with Crippen molar-refractivity contribution < 1.29 is 0 Å². The lowest BCUT2D eigenvalue weighted by Gasteiger charge is -2.16. The zero-order chi connectivity index (χ0) is 31.0. The van der Waals surface area contributed by atoms with Gasteiger partial charge < -0.3 is 0 Å². The van der Waals surface area contributed by atoms with E-state index in [1.165, 1.54) is 30.7 Å². The first-order valence-electron chi connectivity index (χ1n) is 15.3. The molecule has 0 saturated carbocycles. The van der Waals surface area contributed by atoms with Crippen molar-refractivity contribution in [3.05, 3.63) is 149 Å². The summed E-state index contributed by atoms with van der Waals surface area (Å²) in [6.45, 7) is 4.30. The van der Waals surface area contributed by atoms with E-state index in [0.29, 0.717) is 17.5 Å². The standard InChI is InChI=1S/C41H29IN4/c1-26-21-27(2)43-38(42-26)32-22-31(37-25-30-17-9-10-18-34(30)35-19-11-12-20-36(35)37)23-33(24-32)41-45-39(28-13-5-3-6-14-28)44-40(46-41)29-15-7-4-8-16-29/h3-25H,1-2H3. The van der Waals surface area contributed by atoms with Crippen LogP contribution in [0.5, 0.6) is 0 Å². The molecular formula is C41H29IN4. The van der Waals surface area contributed by atoms with Crippen LogP contribution in [-0.2, 0) is 0 Å². The normalized spacial score (nSPS) is 13.1. The highest BCUT2D eigenvalue weighted by molar-refractivity contribution is 14.2. The van der Waals surface area contributed by atoms with E-state index < -0.39 is 20.7 Å². The number of fused-ring (bicyclic) bond motifs is 3. The lowest BCUT2D eigenvalue weighted by Crippen LogP contribution is -2.04. The Kier molecular flexibility index (Phi) is 7.39. The molecule has 1 aliphatic rings. The van der Waals surface area contributed by atoms with E-state index in [4.69, 9.17) is 19.9 Å². The van der Waals surface area contributed by atoms with E-state index in [1.807, 2.05) is 60.7 Å². The SMILES string of the molecule is CC1=CC(C)=NC(c2cc(-c3nc(-c4ccccc4)nc(-c4ccccc4)n3)cc(-c3cc4ccccc4c4ccccc34)c2)=I1. The van der Waals surface area contributed by atoms with Crippen LogP contribution in [0.1, 0.15) is 19.4 Å². The van der Waals surface area contributed by atoms with Crippen LogP contribution < -0.4 is 0 Å². The molecule has 0 spiro atoms. The number of hydrogen-bond donors (Lipinski definition) is 0. The molecule has 0 unspecified atom stereocenters. The Balaban J connectivity index is 1.41. The molecule has 0 N–H and O–H groups in total. The monoisotopic (exact) mass is 704 g/mol. The van der Waals surface area contributed by atoms with Gasteiger partial charge in [0, 0.05) is 28.0 Å². The number of rotatable bonds is 5. The van der Waals surface area contributed by atoms with Gasteiger partial charge in [-0.1, -0.05) is 130 Å². The first-order valence-corrected chi connectivity index (χ1v) is 17.4. The number of nitrogens with zero attached hydrogens (tertiary/aromatic N) is 4. The molecule has 0 amide bonds. The summed E-state index contributed by atoms with van der Waals surface area (Å²) in [5, 5.41) is 4.93. The van der Waals surface area contributed by atoms with E-state index in [9.17, 15) is 0 Å². The van der Waals surface area contributed by atoms with Gasteiger partial charge in [0.1, 0.15) is 3.63 Å². The number of aliphatic imine (C=N–C) groups is 1. The minimum absolute atomic E-state index is 0.399. The molecule has 5 heteroatoms. The van der Waals surface area contributed by atoms with E-state index >= 15 is 0 Å². The van der Waals surface area contributed by atoms with Gasteiger partial charge in [-0.25, -0.2) is 19.9 Å². The summed E-state index contributed by atoms with van der Waals surface area (Å²) in [4.78, 5) is 20.2. The predicted molar refractivity (Wildman–Crippen MR) is 202 cm³/mol. The highest BCUT2D eigenvalue weighted by atomic mass is 127. The fraction of sp³-hybridized carbons (Fsp3) is 0.0488. The van der Waals surface area contributed by atoms with Crippen LogP contribution in [0.15, 0.2) is 148 Å². The summed E-state index contributed by atoms with van der Waals surface area (Å²) >= 11 is -0.399. The Morgan fingerprint density at radius 2 is 0.978 bits per heavy atom. The summed E-state index contributed by atoms with van der Waals surface area (Å²) in [6.07, 6.45) is 2.21. The van der Waals surface area contributed by atoms with Crippen LogP contribution in [0.4, 0.5) is 0 Å². The molecule has 1 aliphatic heterocycles. The summed E-state index contributed by atoms with van der Waals surface area (Å²) in [5.74, 6) is 1.94. The van der Waals surface area contributed by atoms with Gasteiger partial charge in [0.15, 0.2) is 17.5 Å². The number of benzene rings is 6. The molecule has 46 heavy (non-hydrogen) atoms. The Hall–Kier alpha value is -5.14. The second kappa shape index (κ2) is 12.0. The number of allylic oxidation sites excluding steroid dienone is 2. The summed E-state index contributed by atoms with van der Waals surface area (Å²) in [5.41, 5.74) is 7.31. The maximum Gasteiger partial charge on any atom is 0.164 e. The maximum absolute atomic E-state index is 5.09. The fourth-order valence-electron chi connectivity index (χ4n) is 6.05. The number of halogens is 1. The second-order valence-electron chi connectivity index (χ2n) is 11.4. The first kappa shape index (κ1) is 28.3. The van der Waals surface area contributed by atoms with E-state index in [1.54, 1.807) is 0 Å². The summed E-state index contributed by atoms with van der Waals surface area (Å²) in [7, 11) is 0. The van der Waals surface area contributed by atoms with Gasteiger partial charge >= 0.3 is 0 Å². The molecule has 7 aromatic rings. The van der Waals surface area contributed by atoms with Crippen molar-refractivity contribution in [3.63, 3.8) is 0 Å². The molecule has 0 fully saturated rings. The van der Waals surface area contributed by atoms with Crippen molar-refractivity contribution in [2.45, 2.75) is 13.8 Å². The van der Waals surface area contributed by atoms with Crippen LogP contribution >= 0.6 is 20.7 Å². The van der Waals surface area contributed by atoms with E-state index in [2.05, 4.69) is 92.7 Å². The zero-order valence-electron chi connectivity index (χ0n) is 25.4. The first-order chi connectivity index (χ1) is 22.6. The van der Waals surface area contributed by atoms with Gasteiger partial charge in [-0.2, -0.15) is 0 Å². The molecular weight excluding hydrogens is 675 g/mol. The van der Waals surface area contributed by atoms with Gasteiger partial charge in [-0.15, -0.1) is 0 Å². The van der Waals surface area contributed by atoms with Gasteiger partial charge in [-0.3, -0.25) is 0 Å². The maximum atomic E-state index is 5.09. The molecule has 0 radical (unpaired) electrons. The van der Waals surface area contributed by atoms with Gasteiger partial charge in [-0.05, 0) is 80.4 Å². The summed E-state index contributed by atoms with van der Waals surface area (Å²) < 4.78 is 2.56. The van der Waals surface area contributed by atoms with Crippen LogP contribution in [0.2, 0.25) is 0 Å². The van der Waals surface area contributed by atoms with Crippen molar-refractivity contribution in [2.75, 3.05) is 0 Å². The van der Waals surface area contributed by atoms with Crippen molar-refractivity contribution >= 4 is 51.6 Å². The third-order valence-electron chi connectivity index (χ3n) is 8.13. The Bertz CT molecular complexity index is 2310. The smallest absolute Gasteiger partial charge is 0.164 e. The molecule has 0 aliphatic carbocycles. The Morgan fingerprint density at radius 1 is 0.457 bits per heavy atom. The Morgan fingerprint density at radius 3 is 1.63 bits per heavy atom. The minimum atomic E-state index is -0.399. The molecule has 6 aromatic carbocycles. The average molecular weight is 705 g/mol. The predicted octanol–water partition coefficient (Wildman–Crippen LogP) is 10.7. The van der Waals surface area contributed by atoms with E-state index in [0.717, 1.165) is 37.2 Å². The van der Waals surface area contributed by atoms with Gasteiger partial charge in [0.25, 0.3) is 0 Å². The van der Waals surface area contributed by atoms with Crippen molar-refractivity contribution in [1.82, 2.24) is 15.0 Å². The topological polar surface area (TPSA) is 51.0 Å². The third-order valence-corrected chi connectivity index (χ3v) is 10.7. The second-order valence-corrected chi connectivity index (χ2v) is 14.7. The van der Waals surface area contributed by atoms with Crippen LogP contribution in [0, 0.1) is 0 Å². The minimum Gasteiger partial charge on any atom is -0.247 e. The molecule has 2 heterocycles. The molecule has 1 aromatic heterocycles. The Labute approximate surface area is 278 Å². The lowest BCUT2D eigenvalue weighted by molar-refractivity contribution is 1.07. The van der Waals surface area contributed by atoms with Crippen molar-refractivity contribution in [3.8, 4) is 45.3 Å². The highest BCUT2D eigenvalue weighted by Gasteiger charge is 2.18. The quantitative estimate of drug-likeness (QED) is 0.132. The molecule has 220 valence electrons. The molecule has 0 saturated heterocycles. The third kappa shape index (κ3) is 5.48. The molecule has 0 bridgehead atoms. The van der Waals surface area contributed by atoms with Gasteiger partial charge in [0.05, 0.1) is 0 Å². The average Bonchev–Trinajstić information content (AvgIpc) is 3.11. The molecule has 4 nitrogen and oxygen atoms in total. The van der Waals surface area contributed by atoms with Gasteiger partial charge in [0.2, 0.25) is 0 Å². The zero-order valence-corrected chi connectivity index (χ0v) is 27.6. The number of aromatic nitrogens is 3.